The van der Waals surface area contributed by atoms with Crippen molar-refractivity contribution >= 4 is 71.5 Å². The van der Waals surface area contributed by atoms with Crippen molar-refractivity contribution in [3.05, 3.63) is 39.0 Å². The van der Waals surface area contributed by atoms with Crippen LogP contribution in [0.3, 0.4) is 0 Å². The number of halogens is 1. The van der Waals surface area contributed by atoms with Crippen LogP contribution in [0.2, 0.25) is 0 Å². The normalized spacial score (nSPS) is 10.6. The van der Waals surface area contributed by atoms with Crippen LogP contribution in [0.1, 0.15) is 16.6 Å². The molecule has 0 bridgehead atoms. The first kappa shape index (κ1) is 15.1. The first-order valence-corrected chi connectivity index (χ1v) is 8.69. The molecule has 3 rings (SSSR count). The Morgan fingerprint density at radius 2 is 1.95 bits per heavy atom. The molecule has 2 amide bonds. The molecule has 22 heavy (non-hydrogen) atoms. The third-order valence-corrected chi connectivity index (χ3v) is 5.28. The second-order valence-corrected chi connectivity index (χ2v) is 7.93. The maximum absolute atomic E-state index is 12.1. The number of hydrogen-bond donors (Lipinski definition) is 2. The molecule has 0 saturated carbocycles. The first-order valence-electron chi connectivity index (χ1n) is 6.26. The summed E-state index contributed by atoms with van der Waals surface area (Å²) in [5, 5.41) is 6.05. The van der Waals surface area contributed by atoms with Gasteiger partial charge in [0.2, 0.25) is 5.91 Å². The summed E-state index contributed by atoms with van der Waals surface area (Å²) in [5.74, 6) is -0.308. The molecule has 2 aromatic heterocycles. The van der Waals surface area contributed by atoms with Crippen LogP contribution in [-0.4, -0.2) is 16.8 Å². The van der Waals surface area contributed by atoms with Crippen molar-refractivity contribution in [3.63, 3.8) is 0 Å². The van der Waals surface area contributed by atoms with Gasteiger partial charge in [0.05, 0.1) is 18.9 Å². The number of fused-ring (bicyclic) bond motifs is 1. The van der Waals surface area contributed by atoms with Crippen LogP contribution in [0.25, 0.3) is 10.2 Å². The maximum atomic E-state index is 12.1. The molecule has 5 nitrogen and oxygen atoms in total. The number of aromatic nitrogens is 1. The zero-order chi connectivity index (χ0) is 15.7. The first-order chi connectivity index (χ1) is 10.5. The fourth-order valence-corrected chi connectivity index (χ4v) is 4.04. The highest BCUT2D eigenvalue weighted by molar-refractivity contribution is 9.11. The van der Waals surface area contributed by atoms with E-state index in [0.717, 1.165) is 14.0 Å². The third kappa shape index (κ3) is 3.34. The van der Waals surface area contributed by atoms with E-state index in [9.17, 15) is 9.59 Å². The van der Waals surface area contributed by atoms with Gasteiger partial charge in [0.15, 0.2) is 5.13 Å². The minimum absolute atomic E-state index is 0.124. The molecule has 0 aliphatic carbocycles. The van der Waals surface area contributed by atoms with Gasteiger partial charge in [0.25, 0.3) is 5.91 Å². The highest BCUT2D eigenvalue weighted by Gasteiger charge is 2.12. The van der Waals surface area contributed by atoms with E-state index >= 15 is 0 Å². The van der Waals surface area contributed by atoms with E-state index in [1.54, 1.807) is 12.1 Å². The number of carbonyl (C=O) groups excluding carboxylic acids is 2. The van der Waals surface area contributed by atoms with Gasteiger partial charge in [0.1, 0.15) is 0 Å². The van der Waals surface area contributed by atoms with Gasteiger partial charge in [0, 0.05) is 12.6 Å². The molecule has 8 heteroatoms. The zero-order valence-corrected chi connectivity index (χ0v) is 14.6. The van der Waals surface area contributed by atoms with Gasteiger partial charge in [-0.05, 0) is 46.3 Å². The Bertz CT molecular complexity index is 872. The van der Waals surface area contributed by atoms with Crippen LogP contribution < -0.4 is 10.6 Å². The van der Waals surface area contributed by atoms with Crippen LogP contribution in [0.15, 0.2) is 34.1 Å². The van der Waals surface area contributed by atoms with Crippen LogP contribution >= 0.6 is 38.6 Å². The van der Waals surface area contributed by atoms with Gasteiger partial charge in [-0.15, -0.1) is 11.3 Å². The molecule has 0 saturated heterocycles. The van der Waals surface area contributed by atoms with Gasteiger partial charge in [-0.2, -0.15) is 0 Å². The van der Waals surface area contributed by atoms with E-state index in [1.165, 1.54) is 29.6 Å². The Morgan fingerprint density at radius 1 is 1.14 bits per heavy atom. The largest absolute Gasteiger partial charge is 0.326 e. The molecule has 112 valence electrons. The Labute approximate surface area is 142 Å². The number of nitrogens with one attached hydrogen (secondary N) is 2. The summed E-state index contributed by atoms with van der Waals surface area (Å²) in [6.45, 7) is 1.46. The van der Waals surface area contributed by atoms with Crippen LogP contribution in [0, 0.1) is 0 Å². The highest BCUT2D eigenvalue weighted by atomic mass is 79.9. The lowest BCUT2D eigenvalue weighted by Crippen LogP contribution is -2.09. The summed E-state index contributed by atoms with van der Waals surface area (Å²) < 4.78 is 1.80. The molecule has 0 spiro atoms. The SMILES string of the molecule is CC(=O)Nc1ccc2nc(NC(=O)c3ccc(Br)s3)sc2c1. The second-order valence-electron chi connectivity index (χ2n) is 4.44. The van der Waals surface area contributed by atoms with E-state index in [1.807, 2.05) is 18.2 Å². The van der Waals surface area contributed by atoms with E-state index in [4.69, 9.17) is 0 Å². The van der Waals surface area contributed by atoms with Crippen molar-refractivity contribution in [2.45, 2.75) is 6.92 Å². The summed E-state index contributed by atoms with van der Waals surface area (Å²) in [6, 6.07) is 9.02. The quantitative estimate of drug-likeness (QED) is 0.692. The Balaban J connectivity index is 1.82. The van der Waals surface area contributed by atoms with E-state index in [-0.39, 0.29) is 11.8 Å². The molecule has 0 unspecified atom stereocenters. The Hall–Kier alpha value is -1.77. The standard InChI is InChI=1S/C14H10BrN3O2S2/c1-7(19)16-8-2-3-9-11(6-8)22-14(17-9)18-13(20)10-4-5-12(15)21-10/h2-6H,1H3,(H,16,19)(H,17,18,20). The van der Waals surface area contributed by atoms with Crippen LogP contribution in [-0.2, 0) is 4.79 Å². The van der Waals surface area contributed by atoms with Crippen molar-refractivity contribution < 1.29 is 9.59 Å². The Kier molecular flexibility index (Phi) is 4.23. The molecular formula is C14H10BrN3O2S2. The molecule has 3 aromatic rings. The summed E-state index contributed by atoms with van der Waals surface area (Å²) in [5.41, 5.74) is 1.49. The average molecular weight is 396 g/mol. The zero-order valence-electron chi connectivity index (χ0n) is 11.3. The molecular weight excluding hydrogens is 386 g/mol. The minimum atomic E-state index is -0.183. The van der Waals surface area contributed by atoms with E-state index < -0.39 is 0 Å². The predicted octanol–water partition coefficient (Wildman–Crippen LogP) is 4.33. The number of carbonyl (C=O) groups is 2. The Morgan fingerprint density at radius 3 is 2.64 bits per heavy atom. The number of amides is 2. The molecule has 0 atom stereocenters. The summed E-state index contributed by atoms with van der Waals surface area (Å²) >= 11 is 6.06. The van der Waals surface area contributed by atoms with Crippen LogP contribution in [0.4, 0.5) is 10.8 Å². The van der Waals surface area contributed by atoms with Gasteiger partial charge < -0.3 is 5.32 Å². The number of thiophene rings is 1. The lowest BCUT2D eigenvalue weighted by atomic mass is 10.3. The topological polar surface area (TPSA) is 71.1 Å². The number of benzene rings is 1. The number of anilines is 2. The van der Waals surface area contributed by atoms with Crippen molar-refractivity contribution in [3.8, 4) is 0 Å². The van der Waals surface area contributed by atoms with Crippen molar-refractivity contribution in [1.29, 1.82) is 0 Å². The number of nitrogens with zero attached hydrogens (tertiary/aromatic N) is 1. The smallest absolute Gasteiger partial charge is 0.267 e. The maximum Gasteiger partial charge on any atom is 0.267 e. The van der Waals surface area contributed by atoms with Gasteiger partial charge >= 0.3 is 0 Å². The predicted molar refractivity (Wildman–Crippen MR) is 93.9 cm³/mol. The monoisotopic (exact) mass is 395 g/mol. The van der Waals surface area contributed by atoms with E-state index in [0.29, 0.717) is 15.7 Å². The highest BCUT2D eigenvalue weighted by Crippen LogP contribution is 2.29. The van der Waals surface area contributed by atoms with Crippen LogP contribution in [0.5, 0.6) is 0 Å². The van der Waals surface area contributed by atoms with Gasteiger partial charge in [-0.25, -0.2) is 4.98 Å². The van der Waals surface area contributed by atoms with Gasteiger partial charge in [-0.1, -0.05) is 11.3 Å². The summed E-state index contributed by atoms with van der Waals surface area (Å²) in [7, 11) is 0. The molecule has 2 N–H and O–H groups in total. The molecule has 1 aromatic carbocycles. The van der Waals surface area contributed by atoms with Crippen molar-refractivity contribution in [1.82, 2.24) is 4.98 Å². The molecule has 0 fully saturated rings. The number of rotatable bonds is 3. The lowest BCUT2D eigenvalue weighted by molar-refractivity contribution is -0.114. The molecule has 2 heterocycles. The summed E-state index contributed by atoms with van der Waals surface area (Å²) in [6.07, 6.45) is 0. The third-order valence-electron chi connectivity index (χ3n) is 2.73. The lowest BCUT2D eigenvalue weighted by Gasteiger charge is -1.99. The number of hydrogen-bond acceptors (Lipinski definition) is 5. The fraction of sp³-hybridized carbons (Fsp3) is 0.0714. The van der Waals surface area contributed by atoms with Gasteiger partial charge in [-0.3, -0.25) is 14.9 Å². The van der Waals surface area contributed by atoms with Crippen molar-refractivity contribution in [2.75, 3.05) is 10.6 Å². The minimum Gasteiger partial charge on any atom is -0.326 e. The van der Waals surface area contributed by atoms with Crippen molar-refractivity contribution in [2.24, 2.45) is 0 Å². The fourth-order valence-electron chi connectivity index (χ4n) is 1.85. The number of thiazole rings is 1. The second kappa shape index (κ2) is 6.15. The van der Waals surface area contributed by atoms with E-state index in [2.05, 4.69) is 31.5 Å². The molecule has 0 radical (unpaired) electrons. The molecule has 0 aliphatic rings. The average Bonchev–Trinajstić information content (AvgIpc) is 3.03. The summed E-state index contributed by atoms with van der Waals surface area (Å²) in [4.78, 5) is 28.2. The molecule has 0 aliphatic heterocycles.